The first-order valence-corrected chi connectivity index (χ1v) is 10.7. The Bertz CT molecular complexity index is 1130. The van der Waals surface area contributed by atoms with Gasteiger partial charge in [-0.3, -0.25) is 0 Å². The lowest BCUT2D eigenvalue weighted by Gasteiger charge is -2.27. The van der Waals surface area contributed by atoms with Crippen LogP contribution in [0.25, 0.3) is 11.1 Å². The Hall–Kier alpha value is -2.80. The van der Waals surface area contributed by atoms with Gasteiger partial charge in [-0.05, 0) is 78.8 Å². The van der Waals surface area contributed by atoms with Crippen LogP contribution in [0.3, 0.4) is 0 Å². The van der Waals surface area contributed by atoms with Crippen molar-refractivity contribution < 1.29 is 31.1 Å². The number of halogens is 6. The van der Waals surface area contributed by atoms with E-state index in [0.29, 0.717) is 24.5 Å². The summed E-state index contributed by atoms with van der Waals surface area (Å²) in [6.07, 6.45) is 0.623. The van der Waals surface area contributed by atoms with Crippen molar-refractivity contribution in [2.75, 3.05) is 6.61 Å². The Kier molecular flexibility index (Phi) is 6.52. The number of ether oxygens (including phenoxy) is 1. The third-order valence-electron chi connectivity index (χ3n) is 6.09. The summed E-state index contributed by atoms with van der Waals surface area (Å²) in [7, 11) is 0. The summed E-state index contributed by atoms with van der Waals surface area (Å²) in [5.74, 6) is -5.35. The molecule has 3 aromatic rings. The summed E-state index contributed by atoms with van der Waals surface area (Å²) in [5, 5.41) is 0. The van der Waals surface area contributed by atoms with Gasteiger partial charge in [0.1, 0.15) is 34.9 Å². The van der Waals surface area contributed by atoms with Crippen molar-refractivity contribution in [3.63, 3.8) is 0 Å². The zero-order chi connectivity index (χ0) is 23.9. The molecule has 1 saturated heterocycles. The van der Waals surface area contributed by atoms with Crippen LogP contribution in [0.15, 0.2) is 36.4 Å². The number of hydrogen-bond acceptors (Lipinski definition) is 1. The number of rotatable bonds is 4. The Morgan fingerprint density at radius 1 is 0.758 bits per heavy atom. The molecule has 174 valence electrons. The third-order valence-corrected chi connectivity index (χ3v) is 6.09. The van der Waals surface area contributed by atoms with Crippen molar-refractivity contribution in [2.45, 2.75) is 39.2 Å². The van der Waals surface area contributed by atoms with Crippen molar-refractivity contribution in [1.29, 1.82) is 0 Å². The zero-order valence-corrected chi connectivity index (χ0v) is 18.1. The smallest absolute Gasteiger partial charge is 0.134 e. The summed E-state index contributed by atoms with van der Waals surface area (Å²) in [4.78, 5) is 0. The van der Waals surface area contributed by atoms with E-state index in [1.54, 1.807) is 0 Å². The van der Waals surface area contributed by atoms with E-state index in [1.807, 2.05) is 6.92 Å². The molecule has 3 aromatic carbocycles. The van der Waals surface area contributed by atoms with Crippen LogP contribution in [0.1, 0.15) is 48.1 Å². The summed E-state index contributed by atoms with van der Waals surface area (Å²) in [5.41, 5.74) is -1.15. The van der Waals surface area contributed by atoms with E-state index < -0.39 is 58.6 Å². The maximum atomic E-state index is 14.8. The zero-order valence-electron chi connectivity index (χ0n) is 18.1. The highest BCUT2D eigenvalue weighted by Crippen LogP contribution is 2.36. The Balaban J connectivity index is 1.65. The van der Waals surface area contributed by atoms with Crippen molar-refractivity contribution >= 4 is 0 Å². The standard InChI is InChI=1S/C26H22F6O/c1-13-3-4-25(33-12-13)16-8-23(31)26(24(32)9-16)17-10-21(29)18(22(30)11-17)5-15-6-19(27)14(2)20(28)7-15/h6-11,13,25H,3-5,12H2,1-2H3. The van der Waals surface area contributed by atoms with Gasteiger partial charge in [-0.1, -0.05) is 6.92 Å². The SMILES string of the molecule is Cc1c(F)cc(Cc2c(F)cc(-c3c(F)cc(C4CCC(C)CO4)cc3F)cc2F)cc1F. The van der Waals surface area contributed by atoms with Crippen molar-refractivity contribution in [3.05, 3.63) is 93.6 Å². The van der Waals surface area contributed by atoms with Crippen LogP contribution in [0.4, 0.5) is 26.3 Å². The van der Waals surface area contributed by atoms with E-state index in [-0.39, 0.29) is 16.7 Å². The molecule has 0 bridgehead atoms. The molecule has 2 atom stereocenters. The molecule has 2 unspecified atom stereocenters. The summed E-state index contributed by atoms with van der Waals surface area (Å²) < 4.78 is 92.4. The van der Waals surface area contributed by atoms with Gasteiger partial charge in [-0.15, -0.1) is 0 Å². The molecule has 0 radical (unpaired) electrons. The lowest BCUT2D eigenvalue weighted by molar-refractivity contribution is -0.0126. The first-order chi connectivity index (χ1) is 15.6. The van der Waals surface area contributed by atoms with Gasteiger partial charge in [0.05, 0.1) is 11.7 Å². The van der Waals surface area contributed by atoms with E-state index in [1.165, 1.54) is 6.92 Å². The predicted octanol–water partition coefficient (Wildman–Crippen LogP) is 7.58. The number of benzene rings is 3. The first kappa shape index (κ1) is 23.4. The molecule has 1 aliphatic rings. The molecule has 7 heteroatoms. The molecular formula is C26H22F6O. The largest absolute Gasteiger partial charge is 0.373 e. The molecule has 4 rings (SSSR count). The van der Waals surface area contributed by atoms with E-state index >= 15 is 0 Å². The second-order valence-corrected chi connectivity index (χ2v) is 8.64. The van der Waals surface area contributed by atoms with Gasteiger partial charge in [-0.25, -0.2) is 26.3 Å². The lowest BCUT2D eigenvalue weighted by Crippen LogP contribution is -2.18. The first-order valence-electron chi connectivity index (χ1n) is 10.7. The minimum Gasteiger partial charge on any atom is -0.373 e. The molecule has 0 aromatic heterocycles. The van der Waals surface area contributed by atoms with Crippen LogP contribution in [-0.4, -0.2) is 6.61 Å². The van der Waals surface area contributed by atoms with E-state index in [9.17, 15) is 26.3 Å². The molecule has 0 amide bonds. The molecule has 0 N–H and O–H groups in total. The monoisotopic (exact) mass is 464 g/mol. The third kappa shape index (κ3) is 4.78. The minimum atomic E-state index is -1.07. The van der Waals surface area contributed by atoms with Crippen molar-refractivity contribution in [1.82, 2.24) is 0 Å². The highest BCUT2D eigenvalue weighted by atomic mass is 19.2. The van der Waals surface area contributed by atoms with Gasteiger partial charge in [0.25, 0.3) is 0 Å². The Labute approximate surface area is 188 Å². The minimum absolute atomic E-state index is 0.0321. The molecule has 1 nitrogen and oxygen atoms in total. The molecule has 0 saturated carbocycles. The molecule has 1 fully saturated rings. The topological polar surface area (TPSA) is 9.23 Å². The molecule has 1 aliphatic heterocycles. The van der Waals surface area contributed by atoms with E-state index in [4.69, 9.17) is 4.74 Å². The molecule has 33 heavy (non-hydrogen) atoms. The molecule has 0 spiro atoms. The second kappa shape index (κ2) is 9.21. The van der Waals surface area contributed by atoms with Crippen LogP contribution >= 0.6 is 0 Å². The summed E-state index contributed by atoms with van der Waals surface area (Å²) in [6, 6.07) is 5.88. The normalized spacial score (nSPS) is 18.5. The lowest BCUT2D eigenvalue weighted by atomic mass is 9.93. The second-order valence-electron chi connectivity index (χ2n) is 8.64. The molecule has 0 aliphatic carbocycles. The fraction of sp³-hybridized carbons (Fsp3) is 0.308. The van der Waals surface area contributed by atoms with Crippen molar-refractivity contribution in [3.8, 4) is 11.1 Å². The average Bonchev–Trinajstić information content (AvgIpc) is 2.74. The van der Waals surface area contributed by atoms with Crippen LogP contribution in [0.2, 0.25) is 0 Å². The van der Waals surface area contributed by atoms with Crippen LogP contribution in [-0.2, 0) is 11.2 Å². The number of hydrogen-bond donors (Lipinski definition) is 0. The average molecular weight is 464 g/mol. The highest BCUT2D eigenvalue weighted by molar-refractivity contribution is 5.66. The van der Waals surface area contributed by atoms with E-state index in [2.05, 4.69) is 0 Å². The molecule has 1 heterocycles. The van der Waals surface area contributed by atoms with Crippen LogP contribution in [0, 0.1) is 47.7 Å². The summed E-state index contributed by atoms with van der Waals surface area (Å²) in [6.45, 7) is 3.76. The molecular weight excluding hydrogens is 442 g/mol. The van der Waals surface area contributed by atoms with Gasteiger partial charge >= 0.3 is 0 Å². The quantitative estimate of drug-likeness (QED) is 0.362. The maximum Gasteiger partial charge on any atom is 0.134 e. The highest BCUT2D eigenvalue weighted by Gasteiger charge is 2.24. The van der Waals surface area contributed by atoms with Gasteiger partial charge in [0.15, 0.2) is 0 Å². The summed E-state index contributed by atoms with van der Waals surface area (Å²) >= 11 is 0. The Morgan fingerprint density at radius 3 is 1.85 bits per heavy atom. The predicted molar refractivity (Wildman–Crippen MR) is 113 cm³/mol. The van der Waals surface area contributed by atoms with E-state index in [0.717, 1.165) is 42.8 Å². The van der Waals surface area contributed by atoms with Gasteiger partial charge in [0, 0.05) is 24.2 Å². The fourth-order valence-corrected chi connectivity index (χ4v) is 4.12. The Morgan fingerprint density at radius 2 is 1.33 bits per heavy atom. The van der Waals surface area contributed by atoms with Gasteiger partial charge in [-0.2, -0.15) is 0 Å². The van der Waals surface area contributed by atoms with Crippen molar-refractivity contribution in [2.24, 2.45) is 5.92 Å². The van der Waals surface area contributed by atoms with Gasteiger partial charge in [0.2, 0.25) is 0 Å². The van der Waals surface area contributed by atoms with Gasteiger partial charge < -0.3 is 4.74 Å². The maximum absolute atomic E-state index is 14.8. The fourth-order valence-electron chi connectivity index (χ4n) is 4.12. The van der Waals surface area contributed by atoms with Crippen LogP contribution < -0.4 is 0 Å². The van der Waals surface area contributed by atoms with Crippen LogP contribution in [0.5, 0.6) is 0 Å².